The van der Waals surface area contributed by atoms with Crippen molar-refractivity contribution in [3.63, 3.8) is 0 Å². The molecule has 0 unspecified atom stereocenters. The van der Waals surface area contributed by atoms with Gasteiger partial charge in [-0.1, -0.05) is 0 Å². The lowest BCUT2D eigenvalue weighted by Gasteiger charge is -2.24. The third-order valence-corrected chi connectivity index (χ3v) is 2.00. The molecule has 2 rings (SSSR count). The summed E-state index contributed by atoms with van der Waals surface area (Å²) in [6.07, 6.45) is 2.00. The first kappa shape index (κ1) is 9.48. The Morgan fingerprint density at radius 2 is 1.67 bits per heavy atom. The molecule has 1 saturated carbocycles. The van der Waals surface area contributed by atoms with Gasteiger partial charge >= 0.3 is 0 Å². The molecule has 12 heavy (non-hydrogen) atoms. The van der Waals surface area contributed by atoms with E-state index in [-0.39, 0.29) is 30.3 Å². The highest BCUT2D eigenvalue weighted by molar-refractivity contribution is 6.00. The molecule has 0 aromatic carbocycles. The van der Waals surface area contributed by atoms with Crippen molar-refractivity contribution in [3.8, 4) is 0 Å². The molecular formula is C7H11ClN2O2. The molecular weight excluding hydrogens is 180 g/mol. The van der Waals surface area contributed by atoms with Gasteiger partial charge in [-0.15, -0.1) is 12.4 Å². The number of amides is 2. The van der Waals surface area contributed by atoms with Gasteiger partial charge in [0.15, 0.2) is 0 Å². The quantitative estimate of drug-likeness (QED) is 0.569. The fourth-order valence-electron chi connectivity index (χ4n) is 1.33. The minimum atomic E-state index is -0.0660. The van der Waals surface area contributed by atoms with Crippen molar-refractivity contribution in [1.82, 2.24) is 10.2 Å². The van der Waals surface area contributed by atoms with Crippen LogP contribution < -0.4 is 5.32 Å². The summed E-state index contributed by atoms with van der Waals surface area (Å²) in [6, 6.07) is 0.233. The van der Waals surface area contributed by atoms with E-state index in [1.807, 2.05) is 0 Å². The van der Waals surface area contributed by atoms with Crippen LogP contribution in [0.2, 0.25) is 0 Å². The second-order valence-electron chi connectivity index (χ2n) is 2.99. The van der Waals surface area contributed by atoms with E-state index >= 15 is 0 Å². The standard InChI is InChI=1S/C7H10N2O2.ClH/c10-6-3-8-4-7(11)9(6)5-1-2-5;/h5,8H,1-4H2;1H. The first-order chi connectivity index (χ1) is 5.29. The van der Waals surface area contributed by atoms with Gasteiger partial charge in [0.05, 0.1) is 13.1 Å². The van der Waals surface area contributed by atoms with Crippen LogP contribution in [0, 0.1) is 0 Å². The van der Waals surface area contributed by atoms with Gasteiger partial charge in [-0.3, -0.25) is 19.8 Å². The van der Waals surface area contributed by atoms with Gasteiger partial charge in [-0.2, -0.15) is 0 Å². The number of hydrogen-bond acceptors (Lipinski definition) is 3. The molecule has 1 aliphatic heterocycles. The molecule has 0 radical (unpaired) electrons. The maximum atomic E-state index is 11.1. The van der Waals surface area contributed by atoms with Crippen LogP contribution in [0.4, 0.5) is 0 Å². The third kappa shape index (κ3) is 1.59. The largest absolute Gasteiger partial charge is 0.300 e. The van der Waals surface area contributed by atoms with Crippen LogP contribution in [0.15, 0.2) is 0 Å². The van der Waals surface area contributed by atoms with Crippen molar-refractivity contribution in [2.75, 3.05) is 13.1 Å². The van der Waals surface area contributed by atoms with Crippen LogP contribution >= 0.6 is 12.4 Å². The van der Waals surface area contributed by atoms with Gasteiger partial charge in [-0.05, 0) is 12.8 Å². The van der Waals surface area contributed by atoms with Crippen molar-refractivity contribution in [2.24, 2.45) is 0 Å². The molecule has 1 heterocycles. The van der Waals surface area contributed by atoms with E-state index in [9.17, 15) is 9.59 Å². The van der Waals surface area contributed by atoms with E-state index in [0.717, 1.165) is 12.8 Å². The molecule has 2 amide bonds. The van der Waals surface area contributed by atoms with E-state index in [4.69, 9.17) is 0 Å². The fourth-order valence-corrected chi connectivity index (χ4v) is 1.33. The Labute approximate surface area is 76.7 Å². The van der Waals surface area contributed by atoms with Crippen LogP contribution in [-0.4, -0.2) is 35.8 Å². The monoisotopic (exact) mass is 190 g/mol. The van der Waals surface area contributed by atoms with Crippen molar-refractivity contribution in [2.45, 2.75) is 18.9 Å². The summed E-state index contributed by atoms with van der Waals surface area (Å²) in [5.74, 6) is -0.132. The number of piperazine rings is 1. The van der Waals surface area contributed by atoms with Gasteiger partial charge in [-0.25, -0.2) is 0 Å². The normalized spacial score (nSPS) is 23.8. The zero-order valence-electron chi connectivity index (χ0n) is 6.58. The maximum Gasteiger partial charge on any atom is 0.243 e. The zero-order valence-corrected chi connectivity index (χ0v) is 7.39. The number of carbonyl (C=O) groups excluding carboxylic acids is 2. The molecule has 0 aromatic rings. The van der Waals surface area contributed by atoms with E-state index < -0.39 is 0 Å². The molecule has 68 valence electrons. The van der Waals surface area contributed by atoms with E-state index in [1.165, 1.54) is 4.90 Å². The van der Waals surface area contributed by atoms with Gasteiger partial charge < -0.3 is 0 Å². The highest BCUT2D eigenvalue weighted by Crippen LogP contribution is 2.27. The summed E-state index contributed by atoms with van der Waals surface area (Å²) >= 11 is 0. The molecule has 4 nitrogen and oxygen atoms in total. The number of imide groups is 1. The predicted octanol–water partition coefficient (Wildman–Crippen LogP) is -0.471. The summed E-state index contributed by atoms with van der Waals surface area (Å²) in [7, 11) is 0. The van der Waals surface area contributed by atoms with Crippen molar-refractivity contribution < 1.29 is 9.59 Å². The predicted molar refractivity (Wildman–Crippen MR) is 45.0 cm³/mol. The van der Waals surface area contributed by atoms with Gasteiger partial charge in [0.1, 0.15) is 0 Å². The molecule has 1 saturated heterocycles. The maximum absolute atomic E-state index is 11.1. The summed E-state index contributed by atoms with van der Waals surface area (Å²) in [5.41, 5.74) is 0. The topological polar surface area (TPSA) is 49.4 Å². The highest BCUT2D eigenvalue weighted by Gasteiger charge is 2.38. The van der Waals surface area contributed by atoms with Crippen LogP contribution in [0.5, 0.6) is 0 Å². The van der Waals surface area contributed by atoms with E-state index in [0.29, 0.717) is 13.1 Å². The summed E-state index contributed by atoms with van der Waals surface area (Å²) in [4.78, 5) is 23.7. The van der Waals surface area contributed by atoms with Crippen molar-refractivity contribution >= 4 is 24.2 Å². The second kappa shape index (κ2) is 3.41. The molecule has 1 N–H and O–H groups in total. The SMILES string of the molecule is Cl.O=C1CNCC(=O)N1C1CC1. The Balaban J connectivity index is 0.000000720. The first-order valence-corrected chi connectivity index (χ1v) is 3.84. The van der Waals surface area contributed by atoms with Crippen molar-refractivity contribution in [3.05, 3.63) is 0 Å². The van der Waals surface area contributed by atoms with Gasteiger partial charge in [0, 0.05) is 6.04 Å². The Bertz CT molecular complexity index is 199. The first-order valence-electron chi connectivity index (χ1n) is 3.84. The molecule has 0 spiro atoms. The Kier molecular flexibility index (Phi) is 2.69. The average Bonchev–Trinajstić information content (AvgIpc) is 2.70. The summed E-state index contributed by atoms with van der Waals surface area (Å²) < 4.78 is 0. The molecule has 2 aliphatic rings. The van der Waals surface area contributed by atoms with Crippen molar-refractivity contribution in [1.29, 1.82) is 0 Å². The lowest BCUT2D eigenvalue weighted by Crippen LogP contribution is -2.52. The van der Waals surface area contributed by atoms with E-state index in [2.05, 4.69) is 5.32 Å². The Morgan fingerprint density at radius 3 is 2.08 bits per heavy atom. The number of halogens is 1. The molecule has 0 bridgehead atoms. The highest BCUT2D eigenvalue weighted by atomic mass is 35.5. The van der Waals surface area contributed by atoms with Crippen LogP contribution in [0.25, 0.3) is 0 Å². The minimum absolute atomic E-state index is 0. The summed E-state index contributed by atoms with van der Waals surface area (Å²) in [5, 5.41) is 2.76. The van der Waals surface area contributed by atoms with Crippen LogP contribution in [0.1, 0.15) is 12.8 Å². The number of carbonyl (C=O) groups is 2. The lowest BCUT2D eigenvalue weighted by molar-refractivity contribution is -0.147. The Morgan fingerprint density at radius 1 is 1.17 bits per heavy atom. The Hall–Kier alpha value is -0.610. The molecule has 0 atom stereocenters. The second-order valence-corrected chi connectivity index (χ2v) is 2.99. The van der Waals surface area contributed by atoms with Gasteiger partial charge in [0.2, 0.25) is 11.8 Å². The fraction of sp³-hybridized carbons (Fsp3) is 0.714. The van der Waals surface area contributed by atoms with Crippen LogP contribution in [-0.2, 0) is 9.59 Å². The van der Waals surface area contributed by atoms with E-state index in [1.54, 1.807) is 0 Å². The zero-order chi connectivity index (χ0) is 7.84. The molecule has 0 aromatic heterocycles. The minimum Gasteiger partial charge on any atom is -0.300 e. The summed E-state index contributed by atoms with van der Waals surface area (Å²) in [6.45, 7) is 0.643. The molecule has 2 fully saturated rings. The molecule has 5 heteroatoms. The average molecular weight is 191 g/mol. The number of nitrogens with one attached hydrogen (secondary N) is 1. The third-order valence-electron chi connectivity index (χ3n) is 2.00. The lowest BCUT2D eigenvalue weighted by atomic mass is 10.3. The number of rotatable bonds is 1. The van der Waals surface area contributed by atoms with Crippen LogP contribution in [0.3, 0.4) is 0 Å². The number of nitrogens with zero attached hydrogens (tertiary/aromatic N) is 1. The smallest absolute Gasteiger partial charge is 0.243 e. The number of hydrogen-bond donors (Lipinski definition) is 1. The van der Waals surface area contributed by atoms with Gasteiger partial charge in [0.25, 0.3) is 0 Å². The molecule has 1 aliphatic carbocycles.